The normalized spacial score (nSPS) is 10.0. The Bertz CT molecular complexity index is 560. The van der Waals surface area contributed by atoms with Crippen molar-refractivity contribution >= 4 is 33.8 Å². The van der Waals surface area contributed by atoms with Gasteiger partial charge < -0.3 is 4.74 Å². The summed E-state index contributed by atoms with van der Waals surface area (Å²) in [5.41, 5.74) is 0.378. The molecule has 3 nitrogen and oxygen atoms in total. The van der Waals surface area contributed by atoms with Crippen molar-refractivity contribution < 1.29 is 9.53 Å². The Balaban J connectivity index is 2.37. The minimum Gasteiger partial charge on any atom is -0.437 e. The Morgan fingerprint density at radius 1 is 1.35 bits per heavy atom. The lowest BCUT2D eigenvalue weighted by Crippen LogP contribution is -1.93. The van der Waals surface area contributed by atoms with Gasteiger partial charge in [0.05, 0.1) is 10.6 Å². The Kier molecular flexibility index (Phi) is 3.76. The van der Waals surface area contributed by atoms with Crippen molar-refractivity contribution in [3.63, 3.8) is 0 Å². The molecule has 0 amide bonds. The minimum atomic E-state index is 0.238. The van der Waals surface area contributed by atoms with E-state index in [1.165, 1.54) is 0 Å². The number of ether oxygens (including phenoxy) is 1. The highest BCUT2D eigenvalue weighted by molar-refractivity contribution is 9.10. The molecule has 1 aromatic carbocycles. The van der Waals surface area contributed by atoms with E-state index < -0.39 is 0 Å². The molecule has 0 fully saturated rings. The molecular weight excluding hydrogens is 305 g/mol. The number of benzene rings is 1. The molecule has 0 bridgehead atoms. The molecule has 0 saturated heterocycles. The molecule has 0 saturated carbocycles. The van der Waals surface area contributed by atoms with E-state index in [0.717, 1.165) is 4.47 Å². The van der Waals surface area contributed by atoms with Gasteiger partial charge in [0.15, 0.2) is 6.29 Å². The first-order valence-corrected chi connectivity index (χ1v) is 5.91. The van der Waals surface area contributed by atoms with Crippen LogP contribution in [0.3, 0.4) is 0 Å². The molecule has 86 valence electrons. The molecule has 0 aliphatic rings. The summed E-state index contributed by atoms with van der Waals surface area (Å²) in [5, 5.41) is 0.454. The highest BCUT2D eigenvalue weighted by Crippen LogP contribution is 2.31. The number of pyridine rings is 1. The van der Waals surface area contributed by atoms with Crippen molar-refractivity contribution in [3.8, 4) is 11.6 Å². The Hall–Kier alpha value is -1.39. The van der Waals surface area contributed by atoms with Crippen LogP contribution in [0.5, 0.6) is 11.6 Å². The van der Waals surface area contributed by atoms with Crippen molar-refractivity contribution in [3.05, 3.63) is 51.6 Å². The maximum absolute atomic E-state index is 10.8. The van der Waals surface area contributed by atoms with E-state index in [9.17, 15) is 4.79 Å². The summed E-state index contributed by atoms with van der Waals surface area (Å²) < 4.78 is 6.34. The lowest BCUT2D eigenvalue weighted by atomic mass is 10.3. The highest BCUT2D eigenvalue weighted by atomic mass is 79.9. The molecule has 0 atom stereocenters. The predicted octanol–water partition coefficient (Wildman–Crippen LogP) is 4.10. The summed E-state index contributed by atoms with van der Waals surface area (Å²) in [4.78, 5) is 14.8. The summed E-state index contributed by atoms with van der Waals surface area (Å²) in [5.74, 6) is 0.686. The van der Waals surface area contributed by atoms with Crippen LogP contribution in [0.4, 0.5) is 0 Å². The van der Waals surface area contributed by atoms with Gasteiger partial charge in [0.1, 0.15) is 5.75 Å². The second-order valence-corrected chi connectivity index (χ2v) is 4.52. The molecule has 0 unspecified atom stereocenters. The summed E-state index contributed by atoms with van der Waals surface area (Å²) in [6, 6.07) is 8.50. The van der Waals surface area contributed by atoms with E-state index in [-0.39, 0.29) is 5.88 Å². The van der Waals surface area contributed by atoms with Gasteiger partial charge in [0, 0.05) is 10.7 Å². The Morgan fingerprint density at radius 2 is 2.18 bits per heavy atom. The molecule has 0 radical (unpaired) electrons. The average molecular weight is 313 g/mol. The van der Waals surface area contributed by atoms with Crippen LogP contribution < -0.4 is 4.74 Å². The van der Waals surface area contributed by atoms with Crippen LogP contribution in [0.2, 0.25) is 5.02 Å². The standard InChI is InChI=1S/C12H7BrClNO2/c13-9-3-4-10(14)11(6-9)17-12-8(7-16)2-1-5-15-12/h1-7H. The topological polar surface area (TPSA) is 39.2 Å². The fraction of sp³-hybridized carbons (Fsp3) is 0. The highest BCUT2D eigenvalue weighted by Gasteiger charge is 2.08. The van der Waals surface area contributed by atoms with Gasteiger partial charge in [-0.05, 0) is 30.3 Å². The monoisotopic (exact) mass is 311 g/mol. The van der Waals surface area contributed by atoms with E-state index in [1.54, 1.807) is 36.5 Å². The van der Waals surface area contributed by atoms with Crippen LogP contribution in [0.15, 0.2) is 41.0 Å². The van der Waals surface area contributed by atoms with Gasteiger partial charge in [-0.3, -0.25) is 4.79 Å². The third kappa shape index (κ3) is 2.84. The van der Waals surface area contributed by atoms with Gasteiger partial charge in [-0.2, -0.15) is 0 Å². The molecule has 0 aliphatic heterocycles. The molecule has 1 aromatic heterocycles. The lowest BCUT2D eigenvalue weighted by Gasteiger charge is -2.08. The van der Waals surface area contributed by atoms with Crippen LogP contribution in [-0.2, 0) is 0 Å². The first-order valence-electron chi connectivity index (χ1n) is 4.74. The summed E-state index contributed by atoms with van der Waals surface area (Å²) in [6.45, 7) is 0. The van der Waals surface area contributed by atoms with E-state index in [1.807, 2.05) is 0 Å². The number of nitrogens with zero attached hydrogens (tertiary/aromatic N) is 1. The van der Waals surface area contributed by atoms with Crippen LogP contribution in [-0.4, -0.2) is 11.3 Å². The van der Waals surface area contributed by atoms with Gasteiger partial charge in [0.2, 0.25) is 5.88 Å². The van der Waals surface area contributed by atoms with Crippen LogP contribution in [0, 0.1) is 0 Å². The van der Waals surface area contributed by atoms with Gasteiger partial charge in [-0.15, -0.1) is 0 Å². The van der Waals surface area contributed by atoms with Gasteiger partial charge in [-0.25, -0.2) is 4.98 Å². The Morgan fingerprint density at radius 3 is 2.94 bits per heavy atom. The first kappa shape index (κ1) is 12.1. The zero-order chi connectivity index (χ0) is 12.3. The van der Waals surface area contributed by atoms with E-state index in [2.05, 4.69) is 20.9 Å². The zero-order valence-corrected chi connectivity index (χ0v) is 10.9. The number of carbonyl (C=O) groups is 1. The predicted molar refractivity (Wildman–Crippen MR) is 68.9 cm³/mol. The number of rotatable bonds is 3. The first-order chi connectivity index (χ1) is 8.20. The molecule has 0 spiro atoms. The van der Waals surface area contributed by atoms with Crippen LogP contribution in [0.1, 0.15) is 10.4 Å². The maximum Gasteiger partial charge on any atom is 0.229 e. The van der Waals surface area contributed by atoms with Crippen LogP contribution in [0.25, 0.3) is 0 Å². The number of hydrogen-bond donors (Lipinski definition) is 0. The molecule has 1 heterocycles. The smallest absolute Gasteiger partial charge is 0.229 e. The van der Waals surface area contributed by atoms with E-state index in [4.69, 9.17) is 16.3 Å². The van der Waals surface area contributed by atoms with Gasteiger partial charge in [-0.1, -0.05) is 27.5 Å². The largest absolute Gasteiger partial charge is 0.437 e. The third-order valence-corrected chi connectivity index (χ3v) is 2.83. The average Bonchev–Trinajstić information content (AvgIpc) is 2.34. The quantitative estimate of drug-likeness (QED) is 0.801. The molecule has 17 heavy (non-hydrogen) atoms. The molecule has 2 aromatic rings. The van der Waals surface area contributed by atoms with Crippen LogP contribution >= 0.6 is 27.5 Å². The maximum atomic E-state index is 10.8. The van der Waals surface area contributed by atoms with Crippen molar-refractivity contribution in [2.45, 2.75) is 0 Å². The lowest BCUT2D eigenvalue weighted by molar-refractivity contribution is 0.112. The van der Waals surface area contributed by atoms with Crippen molar-refractivity contribution in [2.24, 2.45) is 0 Å². The van der Waals surface area contributed by atoms with Crippen molar-refractivity contribution in [1.82, 2.24) is 4.98 Å². The van der Waals surface area contributed by atoms with E-state index >= 15 is 0 Å². The number of aldehydes is 1. The molecule has 5 heteroatoms. The van der Waals surface area contributed by atoms with E-state index in [0.29, 0.717) is 22.6 Å². The molecular formula is C12H7BrClNO2. The summed E-state index contributed by atoms with van der Waals surface area (Å²) >= 11 is 9.30. The SMILES string of the molecule is O=Cc1cccnc1Oc1cc(Br)ccc1Cl. The van der Waals surface area contributed by atoms with Crippen molar-refractivity contribution in [1.29, 1.82) is 0 Å². The number of hydrogen-bond acceptors (Lipinski definition) is 3. The fourth-order valence-corrected chi connectivity index (χ4v) is 1.73. The molecule has 0 aliphatic carbocycles. The summed E-state index contributed by atoms with van der Waals surface area (Å²) in [7, 11) is 0. The van der Waals surface area contributed by atoms with Crippen molar-refractivity contribution in [2.75, 3.05) is 0 Å². The molecule has 2 rings (SSSR count). The fourth-order valence-electron chi connectivity index (χ4n) is 1.24. The number of aromatic nitrogens is 1. The van der Waals surface area contributed by atoms with Gasteiger partial charge >= 0.3 is 0 Å². The molecule has 0 N–H and O–H groups in total. The number of halogens is 2. The zero-order valence-electron chi connectivity index (χ0n) is 8.56. The third-order valence-electron chi connectivity index (χ3n) is 2.03. The second kappa shape index (κ2) is 5.29. The minimum absolute atomic E-state index is 0.238. The number of carbonyl (C=O) groups excluding carboxylic acids is 1. The Labute approximate surface area is 112 Å². The van der Waals surface area contributed by atoms with Gasteiger partial charge in [0.25, 0.3) is 0 Å². The second-order valence-electron chi connectivity index (χ2n) is 3.19. The summed E-state index contributed by atoms with van der Waals surface area (Å²) in [6.07, 6.45) is 2.24.